The molecule has 2 aromatic carbocycles. The number of hydrogen-bond donors (Lipinski definition) is 1. The van der Waals surface area contributed by atoms with Crippen LogP contribution in [0.1, 0.15) is 32.8 Å². The fourth-order valence-corrected chi connectivity index (χ4v) is 4.56. The lowest BCUT2D eigenvalue weighted by Crippen LogP contribution is -2.52. The number of carbonyl (C=O) groups excluding carboxylic acids is 2. The van der Waals surface area contributed by atoms with Crippen LogP contribution in [0.3, 0.4) is 0 Å². The summed E-state index contributed by atoms with van der Waals surface area (Å²) in [6.07, 6.45) is 1.73. The molecule has 192 valence electrons. The Hall–Kier alpha value is -2.30. The predicted molar refractivity (Wildman–Crippen MR) is 142 cm³/mol. The molecule has 0 aliphatic rings. The SMILES string of the molecule is CC[C@H](C)NC(=O)[C@H](C)N(Cc1ccc(Br)cc1)C(=O)CN(c1cc(Cl)ccc1OC)S(C)(=O)=O. The lowest BCUT2D eigenvalue weighted by atomic mass is 10.1. The van der Waals surface area contributed by atoms with E-state index in [2.05, 4.69) is 21.2 Å². The average Bonchev–Trinajstić information content (AvgIpc) is 2.80. The first-order valence-corrected chi connectivity index (χ1v) is 14.0. The van der Waals surface area contributed by atoms with Gasteiger partial charge >= 0.3 is 0 Å². The van der Waals surface area contributed by atoms with E-state index in [1.165, 1.54) is 24.1 Å². The van der Waals surface area contributed by atoms with Crippen molar-refractivity contribution in [1.29, 1.82) is 0 Å². The topological polar surface area (TPSA) is 96.0 Å². The summed E-state index contributed by atoms with van der Waals surface area (Å²) in [7, 11) is -2.50. The van der Waals surface area contributed by atoms with Crippen molar-refractivity contribution in [2.45, 2.75) is 45.8 Å². The van der Waals surface area contributed by atoms with Crippen LogP contribution in [0, 0.1) is 0 Å². The lowest BCUT2D eigenvalue weighted by molar-refractivity contribution is -0.139. The molecule has 1 N–H and O–H groups in total. The highest BCUT2D eigenvalue weighted by Gasteiger charge is 2.31. The van der Waals surface area contributed by atoms with Crippen molar-refractivity contribution in [2.24, 2.45) is 0 Å². The highest BCUT2D eigenvalue weighted by molar-refractivity contribution is 9.10. The smallest absolute Gasteiger partial charge is 0.244 e. The first-order chi connectivity index (χ1) is 16.4. The molecule has 0 bridgehead atoms. The number of halogens is 2. The van der Waals surface area contributed by atoms with Gasteiger partial charge in [0.15, 0.2) is 0 Å². The van der Waals surface area contributed by atoms with Crippen LogP contribution in [0.5, 0.6) is 5.75 Å². The fraction of sp³-hybridized carbons (Fsp3) is 0.417. The van der Waals surface area contributed by atoms with E-state index < -0.39 is 28.5 Å². The van der Waals surface area contributed by atoms with Gasteiger partial charge in [-0.1, -0.05) is 46.6 Å². The lowest BCUT2D eigenvalue weighted by Gasteiger charge is -2.32. The molecule has 0 spiro atoms. The highest BCUT2D eigenvalue weighted by atomic mass is 79.9. The second-order valence-electron chi connectivity index (χ2n) is 8.23. The molecule has 0 aliphatic carbocycles. The van der Waals surface area contributed by atoms with E-state index in [-0.39, 0.29) is 35.0 Å². The first kappa shape index (κ1) is 28.9. The average molecular weight is 589 g/mol. The number of nitrogens with zero attached hydrogens (tertiary/aromatic N) is 2. The van der Waals surface area contributed by atoms with Gasteiger partial charge in [0.1, 0.15) is 18.3 Å². The minimum absolute atomic E-state index is 0.0715. The van der Waals surface area contributed by atoms with E-state index in [9.17, 15) is 18.0 Å². The molecule has 0 fully saturated rings. The minimum Gasteiger partial charge on any atom is -0.495 e. The van der Waals surface area contributed by atoms with Crippen molar-refractivity contribution in [3.05, 3.63) is 57.5 Å². The molecule has 0 saturated carbocycles. The molecule has 0 heterocycles. The maximum atomic E-state index is 13.6. The Morgan fingerprint density at radius 1 is 1.14 bits per heavy atom. The van der Waals surface area contributed by atoms with Crippen LogP contribution >= 0.6 is 27.5 Å². The Balaban J connectivity index is 2.45. The molecule has 0 radical (unpaired) electrons. The number of carbonyl (C=O) groups is 2. The van der Waals surface area contributed by atoms with Gasteiger partial charge in [0.05, 0.1) is 19.1 Å². The Kier molecular flexibility index (Phi) is 10.4. The molecule has 2 amide bonds. The molecule has 2 rings (SSSR count). The normalized spacial score (nSPS) is 13.0. The van der Waals surface area contributed by atoms with Crippen LogP contribution in [-0.2, 0) is 26.2 Å². The monoisotopic (exact) mass is 587 g/mol. The molecule has 2 atom stereocenters. The van der Waals surface area contributed by atoms with Crippen molar-refractivity contribution in [1.82, 2.24) is 10.2 Å². The van der Waals surface area contributed by atoms with Gasteiger partial charge in [-0.25, -0.2) is 8.42 Å². The summed E-state index contributed by atoms with van der Waals surface area (Å²) in [5, 5.41) is 3.18. The number of rotatable bonds is 11. The molecule has 8 nitrogen and oxygen atoms in total. The number of amides is 2. The minimum atomic E-state index is -3.90. The van der Waals surface area contributed by atoms with E-state index in [4.69, 9.17) is 16.3 Å². The van der Waals surface area contributed by atoms with Gasteiger partial charge in [-0.3, -0.25) is 13.9 Å². The summed E-state index contributed by atoms with van der Waals surface area (Å²) in [5.41, 5.74) is 0.923. The number of sulfonamides is 1. The van der Waals surface area contributed by atoms with Crippen LogP contribution in [0.15, 0.2) is 46.9 Å². The molecule has 0 saturated heterocycles. The summed E-state index contributed by atoms with van der Waals surface area (Å²) in [5.74, 6) is -0.627. The molecule has 0 aromatic heterocycles. The zero-order chi connectivity index (χ0) is 26.3. The molecule has 0 aliphatic heterocycles. The van der Waals surface area contributed by atoms with E-state index in [0.29, 0.717) is 0 Å². The van der Waals surface area contributed by atoms with E-state index in [1.807, 2.05) is 38.1 Å². The van der Waals surface area contributed by atoms with Crippen LogP contribution in [0.2, 0.25) is 5.02 Å². The Labute approximate surface area is 220 Å². The number of methoxy groups -OCH3 is 1. The van der Waals surface area contributed by atoms with Crippen molar-refractivity contribution in [3.63, 3.8) is 0 Å². The van der Waals surface area contributed by atoms with E-state index in [1.54, 1.807) is 13.0 Å². The summed E-state index contributed by atoms with van der Waals surface area (Å²) >= 11 is 9.50. The quantitative estimate of drug-likeness (QED) is 0.424. The van der Waals surface area contributed by atoms with Gasteiger partial charge < -0.3 is 15.0 Å². The number of anilines is 1. The van der Waals surface area contributed by atoms with Gasteiger partial charge in [0.2, 0.25) is 21.8 Å². The third-order valence-electron chi connectivity index (χ3n) is 5.52. The largest absolute Gasteiger partial charge is 0.495 e. The van der Waals surface area contributed by atoms with E-state index in [0.717, 1.165) is 27.0 Å². The summed E-state index contributed by atoms with van der Waals surface area (Å²) in [6.45, 7) is 5.03. The highest BCUT2D eigenvalue weighted by Crippen LogP contribution is 2.33. The zero-order valence-corrected chi connectivity index (χ0v) is 23.6. The molecule has 35 heavy (non-hydrogen) atoms. The zero-order valence-electron chi connectivity index (χ0n) is 20.4. The Bertz CT molecular complexity index is 1140. The molecule has 11 heteroatoms. The Morgan fingerprint density at radius 3 is 2.31 bits per heavy atom. The number of benzene rings is 2. The maximum absolute atomic E-state index is 13.6. The van der Waals surface area contributed by atoms with E-state index >= 15 is 0 Å². The van der Waals surface area contributed by atoms with Crippen LogP contribution < -0.4 is 14.4 Å². The van der Waals surface area contributed by atoms with Crippen LogP contribution in [0.4, 0.5) is 5.69 Å². The van der Waals surface area contributed by atoms with Crippen molar-refractivity contribution in [2.75, 3.05) is 24.2 Å². The standard InChI is InChI=1S/C24H31BrClN3O5S/c1-6-16(2)27-24(31)17(3)28(14-18-7-9-19(25)10-8-18)23(30)15-29(35(5,32)33)21-13-20(26)11-12-22(21)34-4/h7-13,16-17H,6,14-15H2,1-5H3,(H,27,31)/t16-,17-/m0/s1. The molecular formula is C24H31BrClN3O5S. The summed E-state index contributed by atoms with van der Waals surface area (Å²) in [4.78, 5) is 27.9. The number of nitrogens with one attached hydrogen (secondary N) is 1. The maximum Gasteiger partial charge on any atom is 0.244 e. The van der Waals surface area contributed by atoms with Gasteiger partial charge in [-0.2, -0.15) is 0 Å². The third-order valence-corrected chi connectivity index (χ3v) is 7.41. The van der Waals surface area contributed by atoms with Crippen molar-refractivity contribution >= 4 is 55.1 Å². The fourth-order valence-electron chi connectivity index (χ4n) is 3.29. The van der Waals surface area contributed by atoms with Gasteiger partial charge in [0, 0.05) is 22.1 Å². The summed E-state index contributed by atoms with van der Waals surface area (Å²) < 4.78 is 32.6. The van der Waals surface area contributed by atoms with Gasteiger partial charge in [0.25, 0.3) is 0 Å². The van der Waals surface area contributed by atoms with Crippen molar-refractivity contribution in [3.8, 4) is 5.75 Å². The van der Waals surface area contributed by atoms with Crippen LogP contribution in [0.25, 0.3) is 0 Å². The summed E-state index contributed by atoms with van der Waals surface area (Å²) in [6, 6.07) is 10.9. The Morgan fingerprint density at radius 2 is 1.77 bits per heavy atom. The van der Waals surface area contributed by atoms with Crippen molar-refractivity contribution < 1.29 is 22.7 Å². The third kappa shape index (κ3) is 8.12. The number of ether oxygens (including phenoxy) is 1. The van der Waals surface area contributed by atoms with Crippen LogP contribution in [-0.4, -0.2) is 57.1 Å². The molecular weight excluding hydrogens is 558 g/mol. The second-order valence-corrected chi connectivity index (χ2v) is 11.5. The molecule has 0 unspecified atom stereocenters. The van der Waals surface area contributed by atoms with Gasteiger partial charge in [-0.05, 0) is 56.2 Å². The second kappa shape index (κ2) is 12.6. The predicted octanol–water partition coefficient (Wildman–Crippen LogP) is 4.21. The first-order valence-electron chi connectivity index (χ1n) is 11.0. The number of hydrogen-bond acceptors (Lipinski definition) is 5. The van der Waals surface area contributed by atoms with Gasteiger partial charge in [-0.15, -0.1) is 0 Å². The molecule has 2 aromatic rings.